The van der Waals surface area contributed by atoms with Gasteiger partial charge in [0.25, 0.3) is 5.91 Å². The summed E-state index contributed by atoms with van der Waals surface area (Å²) >= 11 is 0. The minimum atomic E-state index is -0.914. The van der Waals surface area contributed by atoms with E-state index < -0.39 is 24.3 Å². The van der Waals surface area contributed by atoms with Gasteiger partial charge in [0.2, 0.25) is 5.91 Å². The van der Waals surface area contributed by atoms with E-state index in [1.165, 1.54) is 14.2 Å². The van der Waals surface area contributed by atoms with Crippen LogP contribution in [0.5, 0.6) is 0 Å². The van der Waals surface area contributed by atoms with Crippen LogP contribution in [-0.4, -0.2) is 92.1 Å². The summed E-state index contributed by atoms with van der Waals surface area (Å²) in [5.74, 6) is 12.9. The Balaban J connectivity index is 0.00000299. The molecule has 5 aromatic rings. The SMILES string of the molecule is COC(=O)NC(C(=O)N1CCC[C@H]1c1ncc(C#CC#Cc2ccc(-c3cnc([C@@H]4CCCN4C(=O)[C@@H](NC(=O)OC)C(C)C)[nH]3)cc2-c2cccnc2)[nH]1)c1ccccc1.Cl.Cl.Cl. The van der Waals surface area contributed by atoms with Crippen molar-refractivity contribution in [2.24, 2.45) is 5.92 Å². The van der Waals surface area contributed by atoms with E-state index in [9.17, 15) is 19.2 Å². The lowest BCUT2D eigenvalue weighted by Crippen LogP contribution is -2.51. The Hall–Kier alpha value is -6.52. The van der Waals surface area contributed by atoms with Crippen LogP contribution in [0, 0.1) is 29.6 Å². The number of hydrogen-bond donors (Lipinski definition) is 4. The van der Waals surface area contributed by atoms with Gasteiger partial charge in [0, 0.05) is 42.2 Å². The molecule has 2 saturated heterocycles. The number of aromatic nitrogens is 5. The van der Waals surface area contributed by atoms with Gasteiger partial charge in [-0.15, -0.1) is 37.2 Å². The van der Waals surface area contributed by atoms with Crippen molar-refractivity contribution in [3.8, 4) is 46.1 Å². The number of halogens is 3. The minimum Gasteiger partial charge on any atom is -0.453 e. The van der Waals surface area contributed by atoms with Crippen molar-refractivity contribution in [1.29, 1.82) is 0 Å². The Labute approximate surface area is 390 Å². The molecule has 64 heavy (non-hydrogen) atoms. The third-order valence-corrected chi connectivity index (χ3v) is 10.9. The van der Waals surface area contributed by atoms with Gasteiger partial charge in [-0.1, -0.05) is 62.2 Å². The number of methoxy groups -OCH3 is 2. The lowest BCUT2D eigenvalue weighted by atomic mass is 9.97. The highest BCUT2D eigenvalue weighted by Crippen LogP contribution is 2.35. The van der Waals surface area contributed by atoms with E-state index >= 15 is 0 Å². The molecule has 0 aliphatic carbocycles. The van der Waals surface area contributed by atoms with Crippen molar-refractivity contribution in [3.05, 3.63) is 114 Å². The average Bonchev–Trinajstić information content (AvgIpc) is 4.14. The van der Waals surface area contributed by atoms with Crippen LogP contribution >= 0.6 is 37.2 Å². The number of imidazole rings is 2. The maximum Gasteiger partial charge on any atom is 0.407 e. The molecule has 2 aromatic carbocycles. The zero-order valence-electron chi connectivity index (χ0n) is 35.6. The largest absolute Gasteiger partial charge is 0.453 e. The number of ether oxygens (including phenoxy) is 2. The standard InChI is InChI=1S/C46H47N9O6.3ClH/c1-29(2)39(52-45(58)60-3)43(56)54-23-12-19-38(54)42-49-28-36(51-42)32-21-20-30(35(25-32)33-16-10-22-47-26-33)13-8-9-17-34-27-48-41(50-34)37-18-11-24-55(37)44(57)40(53-46(59)61-4)31-14-6-5-7-15-31;;;/h5-7,10,14-16,20-22,25-29,37-40H,11-12,18-19,23-24H2,1-4H3,(H,48,50)(H,49,51)(H,52,58)(H,53,59);3*1H/t37-,38-,39-,40?;;;/m0.../s1. The molecule has 2 aliphatic heterocycles. The number of carbonyl (C=O) groups excluding carboxylic acids is 4. The molecule has 4 atom stereocenters. The lowest BCUT2D eigenvalue weighted by Gasteiger charge is -2.30. The Morgan fingerprint density at radius 3 is 2.03 bits per heavy atom. The van der Waals surface area contributed by atoms with Crippen molar-refractivity contribution < 1.29 is 28.7 Å². The fourth-order valence-corrected chi connectivity index (χ4v) is 7.78. The average molecular weight is 931 g/mol. The number of amides is 4. The number of hydrogen-bond acceptors (Lipinski definition) is 9. The van der Waals surface area contributed by atoms with Crippen molar-refractivity contribution in [2.75, 3.05) is 27.3 Å². The summed E-state index contributed by atoms with van der Waals surface area (Å²) in [6.07, 6.45) is 8.57. The smallest absolute Gasteiger partial charge is 0.407 e. The Kier molecular flexibility index (Phi) is 18.2. The molecule has 5 heterocycles. The molecule has 336 valence electrons. The van der Waals surface area contributed by atoms with Crippen LogP contribution in [-0.2, 0) is 19.1 Å². The van der Waals surface area contributed by atoms with Crippen LogP contribution in [0.4, 0.5) is 9.59 Å². The molecule has 18 heteroatoms. The summed E-state index contributed by atoms with van der Waals surface area (Å²) in [6.45, 7) is 4.84. The molecule has 4 amide bonds. The molecular formula is C46H50Cl3N9O6. The molecule has 1 unspecified atom stereocenters. The van der Waals surface area contributed by atoms with Crippen LogP contribution in [0.25, 0.3) is 22.4 Å². The molecule has 0 bridgehead atoms. The zero-order chi connectivity index (χ0) is 42.9. The number of H-pyrrole nitrogens is 2. The van der Waals surface area contributed by atoms with Gasteiger partial charge in [-0.25, -0.2) is 19.6 Å². The van der Waals surface area contributed by atoms with E-state index in [-0.39, 0.29) is 67.0 Å². The van der Waals surface area contributed by atoms with Gasteiger partial charge in [-0.05, 0) is 78.7 Å². The maximum atomic E-state index is 13.9. The second-order valence-corrected chi connectivity index (χ2v) is 15.1. The van der Waals surface area contributed by atoms with Crippen LogP contribution < -0.4 is 10.6 Å². The zero-order valence-corrected chi connectivity index (χ0v) is 38.1. The molecular weight excluding hydrogens is 881 g/mol. The van der Waals surface area contributed by atoms with Gasteiger partial charge >= 0.3 is 12.2 Å². The first kappa shape index (κ1) is 50.1. The normalized spacial score (nSPS) is 16.0. The fourth-order valence-electron chi connectivity index (χ4n) is 7.78. The second kappa shape index (κ2) is 23.2. The number of nitrogens with zero attached hydrogens (tertiary/aromatic N) is 5. The van der Waals surface area contributed by atoms with E-state index in [0.717, 1.165) is 47.2 Å². The molecule has 0 radical (unpaired) electrons. The number of likely N-dealkylation sites (tertiary alicyclic amines) is 2. The molecule has 3 aromatic heterocycles. The van der Waals surface area contributed by atoms with Gasteiger partial charge in [-0.3, -0.25) is 14.6 Å². The molecule has 2 fully saturated rings. The molecule has 2 aliphatic rings. The first-order valence-electron chi connectivity index (χ1n) is 20.2. The van der Waals surface area contributed by atoms with Gasteiger partial charge in [0.15, 0.2) is 0 Å². The monoisotopic (exact) mass is 929 g/mol. The summed E-state index contributed by atoms with van der Waals surface area (Å²) in [6, 6.07) is 16.6. The molecule has 15 nitrogen and oxygen atoms in total. The molecule has 0 saturated carbocycles. The predicted octanol–water partition coefficient (Wildman–Crippen LogP) is 7.34. The van der Waals surface area contributed by atoms with E-state index in [2.05, 4.69) is 54.3 Å². The highest BCUT2D eigenvalue weighted by molar-refractivity contribution is 5.88. The highest BCUT2D eigenvalue weighted by atomic mass is 35.5. The van der Waals surface area contributed by atoms with E-state index in [1.807, 2.05) is 62.4 Å². The van der Waals surface area contributed by atoms with E-state index in [0.29, 0.717) is 42.4 Å². The van der Waals surface area contributed by atoms with Crippen molar-refractivity contribution in [2.45, 2.75) is 63.7 Å². The Morgan fingerprint density at radius 1 is 0.734 bits per heavy atom. The third-order valence-electron chi connectivity index (χ3n) is 10.9. The number of pyridine rings is 1. The number of aromatic amines is 2. The topological polar surface area (TPSA) is 188 Å². The van der Waals surface area contributed by atoms with Crippen molar-refractivity contribution >= 4 is 61.2 Å². The first-order chi connectivity index (χ1) is 29.6. The number of alkyl carbamates (subject to hydrolysis) is 2. The van der Waals surface area contributed by atoms with Crippen LogP contribution in [0.1, 0.15) is 86.1 Å². The molecule has 4 N–H and O–H groups in total. The summed E-state index contributed by atoms with van der Waals surface area (Å²) in [5.41, 5.74) is 5.33. The molecule has 0 spiro atoms. The second-order valence-electron chi connectivity index (χ2n) is 15.1. The maximum absolute atomic E-state index is 13.9. The quantitative estimate of drug-likeness (QED) is 0.104. The lowest BCUT2D eigenvalue weighted by molar-refractivity contribution is -0.135. The van der Waals surface area contributed by atoms with E-state index in [1.54, 1.807) is 46.7 Å². The number of rotatable bonds is 10. The predicted molar refractivity (Wildman–Crippen MR) is 248 cm³/mol. The first-order valence-corrected chi connectivity index (χ1v) is 20.2. The van der Waals surface area contributed by atoms with Crippen LogP contribution in [0.15, 0.2) is 85.5 Å². The summed E-state index contributed by atoms with van der Waals surface area (Å²) in [7, 11) is 2.54. The van der Waals surface area contributed by atoms with Gasteiger partial charge in [0.05, 0.1) is 44.4 Å². The van der Waals surface area contributed by atoms with Crippen molar-refractivity contribution in [3.63, 3.8) is 0 Å². The highest BCUT2D eigenvalue weighted by Gasteiger charge is 2.38. The number of benzene rings is 2. The van der Waals surface area contributed by atoms with Gasteiger partial charge in [-0.2, -0.15) is 0 Å². The number of carbonyl (C=O) groups is 4. The number of nitrogens with one attached hydrogen (secondary N) is 4. The van der Waals surface area contributed by atoms with Gasteiger partial charge < -0.3 is 39.9 Å². The molecule has 7 rings (SSSR count). The van der Waals surface area contributed by atoms with Crippen LogP contribution in [0.3, 0.4) is 0 Å². The summed E-state index contributed by atoms with van der Waals surface area (Å²) < 4.78 is 9.58. The fraction of sp³-hybridized carbons (Fsp3) is 0.326. The van der Waals surface area contributed by atoms with E-state index in [4.69, 9.17) is 14.5 Å². The minimum absolute atomic E-state index is 0. The third kappa shape index (κ3) is 11.5. The summed E-state index contributed by atoms with van der Waals surface area (Å²) in [5, 5.41) is 5.38. The Morgan fingerprint density at radius 2 is 1.38 bits per heavy atom. The van der Waals surface area contributed by atoms with Crippen molar-refractivity contribution in [1.82, 2.24) is 45.4 Å². The van der Waals surface area contributed by atoms with Gasteiger partial charge in [0.1, 0.15) is 29.4 Å². The summed E-state index contributed by atoms with van der Waals surface area (Å²) in [4.78, 5) is 75.6. The Bertz CT molecular complexity index is 2510. The van der Waals surface area contributed by atoms with Crippen LogP contribution in [0.2, 0.25) is 0 Å².